The summed E-state index contributed by atoms with van der Waals surface area (Å²) in [6.07, 6.45) is 0.380. The molecule has 0 rings (SSSR count). The Kier molecular flexibility index (Phi) is 11.1. The summed E-state index contributed by atoms with van der Waals surface area (Å²) in [5.41, 5.74) is 0. The largest absolute Gasteiger partial charge is 0.505 e. The lowest BCUT2D eigenvalue weighted by atomic mass is 10.6. The third-order valence-corrected chi connectivity index (χ3v) is 1.43. The van der Waals surface area contributed by atoms with Crippen LogP contribution in [0.5, 0.6) is 0 Å². The predicted molar refractivity (Wildman–Crippen MR) is 56.6 cm³/mol. The first-order valence-electron chi connectivity index (χ1n) is 4.97. The molecule has 0 aromatic rings. The molecule has 0 fully saturated rings. The maximum atomic E-state index is 9.94. The van der Waals surface area contributed by atoms with E-state index in [-0.39, 0.29) is 13.2 Å². The van der Waals surface area contributed by atoms with Crippen LogP contribution < -0.4 is 0 Å². The van der Waals surface area contributed by atoms with Crippen LogP contribution in [0.1, 0.15) is 0 Å². The van der Waals surface area contributed by atoms with Crippen LogP contribution >= 0.6 is 0 Å². The second-order valence-corrected chi connectivity index (χ2v) is 2.70. The topological polar surface area (TPSA) is 74.2 Å². The summed E-state index contributed by atoms with van der Waals surface area (Å²) >= 11 is 0. The van der Waals surface area contributed by atoms with Gasteiger partial charge in [-0.3, -0.25) is 0 Å². The Labute approximate surface area is 94.7 Å². The third kappa shape index (κ3) is 12.9. The van der Waals surface area contributed by atoms with Crippen LogP contribution in [0.15, 0.2) is 12.7 Å². The maximum absolute atomic E-state index is 9.94. The minimum Gasteiger partial charge on any atom is -0.450 e. The quantitative estimate of drug-likeness (QED) is 0.325. The average molecular weight is 234 g/mol. The van der Waals surface area contributed by atoms with Crippen LogP contribution in [0.25, 0.3) is 0 Å². The molecule has 94 valence electrons. The van der Waals surface area contributed by atoms with Gasteiger partial charge in [0, 0.05) is 0 Å². The summed E-state index contributed by atoms with van der Waals surface area (Å²) in [6.45, 7) is 6.19. The zero-order valence-corrected chi connectivity index (χ0v) is 9.22. The fraction of sp³-hybridized carbons (Fsp3) is 0.700. The summed E-state index contributed by atoms with van der Waals surface area (Å²) < 4.78 is 19.5. The molecule has 0 spiro atoms. The van der Waals surface area contributed by atoms with Crippen molar-refractivity contribution in [3.05, 3.63) is 12.7 Å². The van der Waals surface area contributed by atoms with Crippen LogP contribution in [0, 0.1) is 0 Å². The smallest absolute Gasteiger partial charge is 0.450 e. The van der Waals surface area contributed by atoms with Crippen LogP contribution in [0.2, 0.25) is 0 Å². The van der Waals surface area contributed by atoms with E-state index in [1.54, 1.807) is 6.08 Å². The molecule has 0 aliphatic carbocycles. The minimum absolute atomic E-state index is 0.0395. The van der Waals surface area contributed by atoms with Crippen molar-refractivity contribution in [2.45, 2.75) is 0 Å². The monoisotopic (exact) mass is 234 g/mol. The molecule has 0 aromatic heterocycles. The maximum Gasteiger partial charge on any atom is 0.505 e. The lowest BCUT2D eigenvalue weighted by Crippen LogP contribution is -2.13. The Hall–Kier alpha value is -1.11. The molecule has 0 heterocycles. The summed E-state index contributed by atoms with van der Waals surface area (Å²) in [7, 11) is 0. The molecule has 0 aromatic carbocycles. The van der Waals surface area contributed by atoms with Gasteiger partial charge in [0.2, 0.25) is 0 Å². The molecule has 0 aliphatic heterocycles. The molecule has 0 amide bonds. The molecule has 0 saturated carbocycles. The van der Waals surface area contributed by atoms with Crippen molar-refractivity contribution in [1.82, 2.24) is 0 Å². The Morgan fingerprint density at radius 3 is 2.00 bits per heavy atom. The SMILES string of the molecule is C=CCOCCOCCOCCOC(=O)O. The normalized spacial score (nSPS) is 10.0. The number of ether oxygens (including phenoxy) is 4. The van der Waals surface area contributed by atoms with Gasteiger partial charge in [0.05, 0.1) is 39.6 Å². The highest BCUT2D eigenvalue weighted by atomic mass is 16.7. The molecule has 0 radical (unpaired) electrons. The Morgan fingerprint density at radius 2 is 1.50 bits per heavy atom. The zero-order valence-electron chi connectivity index (χ0n) is 9.22. The van der Waals surface area contributed by atoms with Gasteiger partial charge in [-0.05, 0) is 0 Å². The summed E-state index contributed by atoms with van der Waals surface area (Å²) in [6, 6.07) is 0. The Balaban J connectivity index is 2.93. The molecule has 0 atom stereocenters. The van der Waals surface area contributed by atoms with Gasteiger partial charge in [-0.1, -0.05) is 6.08 Å². The molecule has 0 bridgehead atoms. The van der Waals surface area contributed by atoms with Crippen molar-refractivity contribution in [2.24, 2.45) is 0 Å². The second-order valence-electron chi connectivity index (χ2n) is 2.70. The number of carboxylic acid groups (broad SMARTS) is 1. The van der Waals surface area contributed by atoms with E-state index < -0.39 is 6.16 Å². The van der Waals surface area contributed by atoms with Gasteiger partial charge < -0.3 is 24.1 Å². The highest BCUT2D eigenvalue weighted by molar-refractivity contribution is 5.56. The highest BCUT2D eigenvalue weighted by Gasteiger charge is 1.95. The zero-order chi connectivity index (χ0) is 12.1. The van der Waals surface area contributed by atoms with Crippen molar-refractivity contribution in [3.63, 3.8) is 0 Å². The molecule has 16 heavy (non-hydrogen) atoms. The van der Waals surface area contributed by atoms with Crippen LogP contribution in [0.4, 0.5) is 4.79 Å². The van der Waals surface area contributed by atoms with E-state index in [1.807, 2.05) is 0 Å². The van der Waals surface area contributed by atoms with Crippen molar-refractivity contribution in [2.75, 3.05) is 46.2 Å². The van der Waals surface area contributed by atoms with Crippen LogP contribution in [-0.2, 0) is 18.9 Å². The van der Waals surface area contributed by atoms with Crippen LogP contribution in [-0.4, -0.2) is 57.5 Å². The van der Waals surface area contributed by atoms with E-state index in [2.05, 4.69) is 11.3 Å². The summed E-state index contributed by atoms with van der Waals surface area (Å²) in [5.74, 6) is 0. The fourth-order valence-corrected chi connectivity index (χ4v) is 0.794. The molecular weight excluding hydrogens is 216 g/mol. The molecule has 0 unspecified atom stereocenters. The van der Waals surface area contributed by atoms with Gasteiger partial charge in [-0.15, -0.1) is 6.58 Å². The van der Waals surface area contributed by atoms with Gasteiger partial charge in [0.1, 0.15) is 6.61 Å². The number of hydrogen-bond donors (Lipinski definition) is 1. The van der Waals surface area contributed by atoms with E-state index in [1.165, 1.54) is 0 Å². The van der Waals surface area contributed by atoms with E-state index in [0.29, 0.717) is 33.0 Å². The van der Waals surface area contributed by atoms with Gasteiger partial charge >= 0.3 is 6.16 Å². The molecule has 1 N–H and O–H groups in total. The van der Waals surface area contributed by atoms with Gasteiger partial charge in [-0.2, -0.15) is 0 Å². The molecule has 6 nitrogen and oxygen atoms in total. The van der Waals surface area contributed by atoms with Crippen molar-refractivity contribution in [1.29, 1.82) is 0 Å². The van der Waals surface area contributed by atoms with E-state index in [9.17, 15) is 4.79 Å². The van der Waals surface area contributed by atoms with E-state index in [4.69, 9.17) is 19.3 Å². The van der Waals surface area contributed by atoms with Crippen molar-refractivity contribution in [3.8, 4) is 0 Å². The van der Waals surface area contributed by atoms with E-state index in [0.717, 1.165) is 0 Å². The third-order valence-electron chi connectivity index (χ3n) is 1.43. The number of rotatable bonds is 11. The molecule has 0 saturated heterocycles. The van der Waals surface area contributed by atoms with Gasteiger partial charge in [-0.25, -0.2) is 4.79 Å². The van der Waals surface area contributed by atoms with Crippen molar-refractivity contribution >= 4 is 6.16 Å². The molecule has 0 aliphatic rings. The first kappa shape index (κ1) is 14.9. The second kappa shape index (κ2) is 12.0. The first-order chi connectivity index (χ1) is 7.77. The van der Waals surface area contributed by atoms with Gasteiger partial charge in [0.25, 0.3) is 0 Å². The standard InChI is InChI=1S/C10H18O6/c1-2-3-13-4-5-14-6-7-15-8-9-16-10(11)12/h2H,1,3-9H2,(H,11,12). The molecular formula is C10H18O6. The number of carbonyl (C=O) groups is 1. The van der Waals surface area contributed by atoms with E-state index >= 15 is 0 Å². The average Bonchev–Trinajstić information content (AvgIpc) is 2.25. The van der Waals surface area contributed by atoms with Gasteiger partial charge in [0.15, 0.2) is 0 Å². The lowest BCUT2D eigenvalue weighted by Gasteiger charge is -2.05. The molecule has 6 heteroatoms. The highest BCUT2D eigenvalue weighted by Crippen LogP contribution is 1.83. The fourth-order valence-electron chi connectivity index (χ4n) is 0.794. The summed E-state index contributed by atoms with van der Waals surface area (Å²) in [5, 5.41) is 8.13. The summed E-state index contributed by atoms with van der Waals surface area (Å²) in [4.78, 5) is 9.94. The Morgan fingerprint density at radius 1 is 1.00 bits per heavy atom. The first-order valence-corrected chi connectivity index (χ1v) is 4.97. The minimum atomic E-state index is -1.29. The lowest BCUT2D eigenvalue weighted by molar-refractivity contribution is 0.00448. The van der Waals surface area contributed by atoms with Crippen LogP contribution in [0.3, 0.4) is 0 Å². The van der Waals surface area contributed by atoms with Crippen molar-refractivity contribution < 1.29 is 28.8 Å². The predicted octanol–water partition coefficient (Wildman–Crippen LogP) is 0.917. The Bertz CT molecular complexity index is 182. The number of hydrogen-bond acceptors (Lipinski definition) is 5.